The van der Waals surface area contributed by atoms with Gasteiger partial charge in [0.05, 0.1) is 6.10 Å². The third kappa shape index (κ3) is 3.24. The highest BCUT2D eigenvalue weighted by molar-refractivity contribution is 7.89. The molecule has 2 N–H and O–H groups in total. The van der Waals surface area contributed by atoms with Crippen molar-refractivity contribution in [2.24, 2.45) is 0 Å². The fourth-order valence-corrected chi connectivity index (χ4v) is 3.23. The molecule has 5 nitrogen and oxygen atoms in total. The third-order valence-corrected chi connectivity index (χ3v) is 4.37. The molecule has 1 heterocycles. The normalized spacial score (nSPS) is 25.7. The SMILES string of the molecule is O=S(=O)(NC1CCC(O)CC1)c1ccccn1. The van der Waals surface area contributed by atoms with Gasteiger partial charge in [0, 0.05) is 12.2 Å². The minimum absolute atomic E-state index is 0.0473. The summed E-state index contributed by atoms with van der Waals surface area (Å²) in [4.78, 5) is 3.83. The van der Waals surface area contributed by atoms with E-state index in [1.807, 2.05) is 0 Å². The van der Waals surface area contributed by atoms with Gasteiger partial charge in [0.1, 0.15) is 0 Å². The van der Waals surface area contributed by atoms with Gasteiger partial charge in [0.2, 0.25) is 0 Å². The van der Waals surface area contributed by atoms with E-state index in [2.05, 4.69) is 9.71 Å². The maximum atomic E-state index is 11.9. The van der Waals surface area contributed by atoms with Gasteiger partial charge in [-0.05, 0) is 37.8 Å². The number of aliphatic hydroxyl groups is 1. The zero-order valence-electron chi connectivity index (χ0n) is 9.41. The van der Waals surface area contributed by atoms with Crippen molar-refractivity contribution in [3.63, 3.8) is 0 Å². The fraction of sp³-hybridized carbons (Fsp3) is 0.545. The van der Waals surface area contributed by atoms with E-state index in [4.69, 9.17) is 0 Å². The van der Waals surface area contributed by atoms with E-state index in [0.717, 1.165) is 0 Å². The predicted octanol–water partition coefficient (Wildman–Crippen LogP) is 0.663. The zero-order valence-corrected chi connectivity index (χ0v) is 10.2. The van der Waals surface area contributed by atoms with Crippen molar-refractivity contribution in [2.45, 2.75) is 42.9 Å². The van der Waals surface area contributed by atoms with Crippen LogP contribution in [0, 0.1) is 0 Å². The van der Waals surface area contributed by atoms with Crippen molar-refractivity contribution in [2.75, 3.05) is 0 Å². The number of aromatic nitrogens is 1. The molecule has 6 heteroatoms. The topological polar surface area (TPSA) is 79.3 Å². The molecule has 0 spiro atoms. The number of aliphatic hydroxyl groups excluding tert-OH is 1. The quantitative estimate of drug-likeness (QED) is 0.832. The number of sulfonamides is 1. The lowest BCUT2D eigenvalue weighted by molar-refractivity contribution is 0.120. The second-order valence-corrected chi connectivity index (χ2v) is 5.96. The largest absolute Gasteiger partial charge is 0.393 e. The van der Waals surface area contributed by atoms with Gasteiger partial charge in [-0.25, -0.2) is 18.1 Å². The molecule has 1 aliphatic rings. The van der Waals surface area contributed by atoms with Gasteiger partial charge in [0.25, 0.3) is 10.0 Å². The summed E-state index contributed by atoms with van der Waals surface area (Å²) < 4.78 is 26.5. The Bertz CT molecular complexity index is 453. The minimum Gasteiger partial charge on any atom is -0.393 e. The molecule has 0 unspecified atom stereocenters. The highest BCUT2D eigenvalue weighted by atomic mass is 32.2. The molecule has 94 valence electrons. The van der Waals surface area contributed by atoms with Crippen LogP contribution in [0.2, 0.25) is 0 Å². The Kier molecular flexibility index (Phi) is 3.76. The van der Waals surface area contributed by atoms with Crippen LogP contribution >= 0.6 is 0 Å². The molecule has 1 fully saturated rings. The van der Waals surface area contributed by atoms with Crippen LogP contribution in [0.1, 0.15) is 25.7 Å². The molecule has 0 amide bonds. The third-order valence-electron chi connectivity index (χ3n) is 2.93. The molecule has 0 radical (unpaired) electrons. The van der Waals surface area contributed by atoms with Crippen LogP contribution in [-0.4, -0.2) is 30.7 Å². The standard InChI is InChI=1S/C11H16N2O3S/c14-10-6-4-9(5-7-10)13-17(15,16)11-3-1-2-8-12-11/h1-3,8-10,13-14H,4-7H2. The molecule has 2 rings (SSSR count). The molecule has 0 aliphatic heterocycles. The molecule has 1 aliphatic carbocycles. The highest BCUT2D eigenvalue weighted by Crippen LogP contribution is 2.19. The Balaban J connectivity index is 2.03. The minimum atomic E-state index is -3.52. The molecule has 1 aromatic rings. The lowest BCUT2D eigenvalue weighted by atomic mass is 9.94. The van der Waals surface area contributed by atoms with Crippen LogP contribution in [0.15, 0.2) is 29.4 Å². The van der Waals surface area contributed by atoms with Crippen LogP contribution in [0.5, 0.6) is 0 Å². The van der Waals surface area contributed by atoms with Crippen molar-refractivity contribution < 1.29 is 13.5 Å². The second kappa shape index (κ2) is 5.12. The van der Waals surface area contributed by atoms with Gasteiger partial charge in [-0.3, -0.25) is 0 Å². The van der Waals surface area contributed by atoms with E-state index in [-0.39, 0.29) is 17.2 Å². The summed E-state index contributed by atoms with van der Waals surface area (Å²) in [5, 5.41) is 9.40. The van der Waals surface area contributed by atoms with Gasteiger partial charge < -0.3 is 5.11 Å². The average Bonchev–Trinajstić information content (AvgIpc) is 2.33. The summed E-state index contributed by atoms with van der Waals surface area (Å²) in [6.07, 6.45) is 3.82. The Morgan fingerprint density at radius 2 is 1.94 bits per heavy atom. The first-order valence-electron chi connectivity index (χ1n) is 5.69. The molecule has 0 atom stereocenters. The summed E-state index contributed by atoms with van der Waals surface area (Å²) in [7, 11) is -3.52. The first kappa shape index (κ1) is 12.5. The summed E-state index contributed by atoms with van der Waals surface area (Å²) in [6, 6.07) is 4.70. The number of nitrogens with zero attached hydrogens (tertiary/aromatic N) is 1. The zero-order chi connectivity index (χ0) is 12.3. The van der Waals surface area contributed by atoms with Crippen LogP contribution in [0.3, 0.4) is 0 Å². The number of pyridine rings is 1. The fourth-order valence-electron chi connectivity index (χ4n) is 1.98. The first-order valence-corrected chi connectivity index (χ1v) is 7.18. The number of hydrogen-bond donors (Lipinski definition) is 2. The predicted molar refractivity (Wildman–Crippen MR) is 62.8 cm³/mol. The van der Waals surface area contributed by atoms with E-state index in [1.165, 1.54) is 12.3 Å². The lowest BCUT2D eigenvalue weighted by Gasteiger charge is -2.25. The monoisotopic (exact) mass is 256 g/mol. The van der Waals surface area contributed by atoms with Gasteiger partial charge >= 0.3 is 0 Å². The van der Waals surface area contributed by atoms with E-state index in [9.17, 15) is 13.5 Å². The Labute approximate surface area is 101 Å². The van der Waals surface area contributed by atoms with Crippen LogP contribution in [0.25, 0.3) is 0 Å². The number of nitrogens with one attached hydrogen (secondary N) is 1. The van der Waals surface area contributed by atoms with Crippen molar-refractivity contribution in [1.82, 2.24) is 9.71 Å². The van der Waals surface area contributed by atoms with E-state index < -0.39 is 10.0 Å². The van der Waals surface area contributed by atoms with Crippen LogP contribution < -0.4 is 4.72 Å². The smallest absolute Gasteiger partial charge is 0.258 e. The maximum absolute atomic E-state index is 11.9. The first-order chi connectivity index (χ1) is 8.08. The van der Waals surface area contributed by atoms with Gasteiger partial charge in [-0.1, -0.05) is 6.07 Å². The summed E-state index contributed by atoms with van der Waals surface area (Å²) in [5.41, 5.74) is 0. The van der Waals surface area contributed by atoms with Crippen molar-refractivity contribution in [3.8, 4) is 0 Å². The van der Waals surface area contributed by atoms with Crippen LogP contribution in [-0.2, 0) is 10.0 Å². The maximum Gasteiger partial charge on any atom is 0.258 e. The number of hydrogen-bond acceptors (Lipinski definition) is 4. The lowest BCUT2D eigenvalue weighted by Crippen LogP contribution is -2.38. The van der Waals surface area contributed by atoms with E-state index in [0.29, 0.717) is 25.7 Å². The van der Waals surface area contributed by atoms with Gasteiger partial charge in [0.15, 0.2) is 5.03 Å². The number of rotatable bonds is 3. The van der Waals surface area contributed by atoms with Crippen molar-refractivity contribution >= 4 is 10.0 Å². The summed E-state index contributed by atoms with van der Waals surface area (Å²) in [5.74, 6) is 0. The molecule has 0 bridgehead atoms. The highest BCUT2D eigenvalue weighted by Gasteiger charge is 2.25. The van der Waals surface area contributed by atoms with Crippen molar-refractivity contribution in [1.29, 1.82) is 0 Å². The molecule has 17 heavy (non-hydrogen) atoms. The van der Waals surface area contributed by atoms with Gasteiger partial charge in [-0.2, -0.15) is 0 Å². The second-order valence-electron chi connectivity index (χ2n) is 4.29. The molecular weight excluding hydrogens is 240 g/mol. The molecular formula is C11H16N2O3S. The molecule has 1 aromatic heterocycles. The summed E-state index contributed by atoms with van der Waals surface area (Å²) in [6.45, 7) is 0. The van der Waals surface area contributed by atoms with E-state index in [1.54, 1.807) is 12.1 Å². The van der Waals surface area contributed by atoms with Crippen molar-refractivity contribution in [3.05, 3.63) is 24.4 Å². The molecule has 1 saturated carbocycles. The molecule has 0 aromatic carbocycles. The van der Waals surface area contributed by atoms with Gasteiger partial charge in [-0.15, -0.1) is 0 Å². The average molecular weight is 256 g/mol. The van der Waals surface area contributed by atoms with Crippen LogP contribution in [0.4, 0.5) is 0 Å². The Morgan fingerprint density at radius 3 is 2.53 bits per heavy atom. The van der Waals surface area contributed by atoms with E-state index >= 15 is 0 Å². The Morgan fingerprint density at radius 1 is 1.24 bits per heavy atom. The molecule has 0 saturated heterocycles. The Hall–Kier alpha value is -0.980. The summed E-state index contributed by atoms with van der Waals surface area (Å²) >= 11 is 0.